The number of ether oxygens (including phenoxy) is 1. The molecule has 3 rings (SSSR count). The summed E-state index contributed by atoms with van der Waals surface area (Å²) >= 11 is 0. The molecule has 0 bridgehead atoms. The average Bonchev–Trinajstić information content (AvgIpc) is 2.72. The largest absolute Gasteiger partial charge is 0.489 e. The molecule has 0 radical (unpaired) electrons. The van der Waals surface area contributed by atoms with Crippen LogP contribution in [0.3, 0.4) is 0 Å². The van der Waals surface area contributed by atoms with Gasteiger partial charge in [0.25, 0.3) is 0 Å². The molecule has 33 heavy (non-hydrogen) atoms. The lowest BCUT2D eigenvalue weighted by Gasteiger charge is -2.15. The lowest BCUT2D eigenvalue weighted by molar-refractivity contribution is 0.237. The Hall–Kier alpha value is -3.47. The number of benzene rings is 2. The molecule has 2 aromatic carbocycles. The van der Waals surface area contributed by atoms with Crippen molar-refractivity contribution in [3.05, 3.63) is 48.0 Å². The van der Waals surface area contributed by atoms with Gasteiger partial charge in [-0.05, 0) is 43.7 Å². The Morgan fingerprint density at radius 3 is 2.70 bits per heavy atom. The number of aromatic nitrogens is 2. The molecule has 0 atom stereocenters. The second kappa shape index (κ2) is 10.4. The Balaban J connectivity index is 1.86. The van der Waals surface area contributed by atoms with Gasteiger partial charge in [0, 0.05) is 40.2 Å². The molecule has 0 aliphatic heterocycles. The molecule has 0 saturated carbocycles. The van der Waals surface area contributed by atoms with Crippen LogP contribution in [0.1, 0.15) is 12.5 Å². The van der Waals surface area contributed by atoms with Crippen molar-refractivity contribution in [3.8, 4) is 5.75 Å². The first kappa shape index (κ1) is 24.2. The number of fused-ring (bicyclic) bond motifs is 1. The van der Waals surface area contributed by atoms with E-state index in [4.69, 9.17) is 4.74 Å². The molecule has 11 heteroatoms. The van der Waals surface area contributed by atoms with Gasteiger partial charge >= 0.3 is 6.03 Å². The van der Waals surface area contributed by atoms with E-state index in [0.717, 1.165) is 10.9 Å². The minimum atomic E-state index is -2.32. The van der Waals surface area contributed by atoms with Gasteiger partial charge in [-0.15, -0.1) is 0 Å². The van der Waals surface area contributed by atoms with Crippen LogP contribution in [0.5, 0.6) is 5.75 Å². The van der Waals surface area contributed by atoms with Crippen LogP contribution in [0, 0.1) is 12.7 Å². The molecule has 0 spiro atoms. The van der Waals surface area contributed by atoms with Crippen molar-refractivity contribution in [3.63, 3.8) is 0 Å². The number of amides is 2. The highest BCUT2D eigenvalue weighted by molar-refractivity contribution is 7.92. The lowest BCUT2D eigenvalue weighted by atomic mass is 10.1. The average molecular weight is 475 g/mol. The van der Waals surface area contributed by atoms with Crippen LogP contribution in [0.15, 0.2) is 41.0 Å². The minimum absolute atomic E-state index is 0.150. The number of anilines is 2. The SMILES string of the molecule is CCNC(=O)NCCOc1cc(F)ccc1Nc1ncnc2cc(N=S(C)(C)=O)cc(C)c12. The predicted octanol–water partition coefficient (Wildman–Crippen LogP) is 3.88. The fraction of sp³-hybridized carbons (Fsp3) is 0.318. The van der Waals surface area contributed by atoms with E-state index in [1.54, 1.807) is 24.6 Å². The van der Waals surface area contributed by atoms with Crippen LogP contribution < -0.4 is 20.7 Å². The Labute approximate surface area is 192 Å². The summed E-state index contributed by atoms with van der Waals surface area (Å²) in [6.45, 7) is 4.62. The molecule has 176 valence electrons. The molecule has 1 aromatic heterocycles. The molecule has 0 fully saturated rings. The van der Waals surface area contributed by atoms with E-state index < -0.39 is 15.5 Å². The summed E-state index contributed by atoms with van der Waals surface area (Å²) in [5.74, 6) is 0.333. The van der Waals surface area contributed by atoms with Crippen molar-refractivity contribution < 1.29 is 18.1 Å². The summed E-state index contributed by atoms with van der Waals surface area (Å²) < 4.78 is 35.9. The van der Waals surface area contributed by atoms with Gasteiger partial charge in [0.1, 0.15) is 30.3 Å². The van der Waals surface area contributed by atoms with Crippen molar-refractivity contribution in [1.29, 1.82) is 0 Å². The predicted molar refractivity (Wildman–Crippen MR) is 129 cm³/mol. The molecular weight excluding hydrogens is 447 g/mol. The fourth-order valence-corrected chi connectivity index (χ4v) is 3.78. The highest BCUT2D eigenvalue weighted by Gasteiger charge is 2.13. The Kier molecular flexibility index (Phi) is 7.64. The number of halogens is 1. The summed E-state index contributed by atoms with van der Waals surface area (Å²) in [4.78, 5) is 20.2. The van der Waals surface area contributed by atoms with E-state index in [2.05, 4.69) is 30.3 Å². The van der Waals surface area contributed by atoms with E-state index >= 15 is 0 Å². The van der Waals surface area contributed by atoms with Gasteiger partial charge in [0.15, 0.2) is 0 Å². The second-order valence-electron chi connectivity index (χ2n) is 7.55. The van der Waals surface area contributed by atoms with Gasteiger partial charge in [-0.2, -0.15) is 4.36 Å². The molecule has 3 N–H and O–H groups in total. The highest BCUT2D eigenvalue weighted by atomic mass is 32.2. The zero-order valence-corrected chi connectivity index (χ0v) is 19.8. The van der Waals surface area contributed by atoms with Crippen LogP contribution in [-0.4, -0.2) is 52.4 Å². The zero-order valence-electron chi connectivity index (χ0n) is 18.9. The molecular formula is C22H27FN6O3S. The van der Waals surface area contributed by atoms with Gasteiger partial charge in [0.2, 0.25) is 0 Å². The maximum absolute atomic E-state index is 13.9. The van der Waals surface area contributed by atoms with Gasteiger partial charge in [-0.25, -0.2) is 23.4 Å². The van der Waals surface area contributed by atoms with Gasteiger partial charge < -0.3 is 20.7 Å². The van der Waals surface area contributed by atoms with E-state index in [0.29, 0.717) is 29.3 Å². The number of hydrogen-bond acceptors (Lipinski definition) is 7. The van der Waals surface area contributed by atoms with Gasteiger partial charge in [-0.3, -0.25) is 0 Å². The van der Waals surface area contributed by atoms with Crippen LogP contribution in [0.2, 0.25) is 0 Å². The van der Waals surface area contributed by atoms with Crippen LogP contribution in [0.4, 0.5) is 26.4 Å². The third-order valence-corrected chi connectivity index (χ3v) is 5.07. The van der Waals surface area contributed by atoms with E-state index in [9.17, 15) is 13.4 Å². The summed E-state index contributed by atoms with van der Waals surface area (Å²) in [7, 11) is -2.32. The summed E-state index contributed by atoms with van der Waals surface area (Å²) in [6.07, 6.45) is 4.55. The minimum Gasteiger partial charge on any atom is -0.489 e. The van der Waals surface area contributed by atoms with Crippen molar-refractivity contribution in [2.24, 2.45) is 4.36 Å². The van der Waals surface area contributed by atoms with Crippen LogP contribution >= 0.6 is 0 Å². The third-order valence-electron chi connectivity index (χ3n) is 4.42. The number of nitrogens with one attached hydrogen (secondary N) is 3. The summed E-state index contributed by atoms with van der Waals surface area (Å²) in [6, 6.07) is 7.40. The van der Waals surface area contributed by atoms with E-state index in [1.165, 1.54) is 18.5 Å². The summed E-state index contributed by atoms with van der Waals surface area (Å²) in [5, 5.41) is 9.22. The molecule has 1 heterocycles. The maximum Gasteiger partial charge on any atom is 0.314 e. The number of carbonyl (C=O) groups is 1. The molecule has 0 saturated heterocycles. The molecule has 2 amide bonds. The smallest absolute Gasteiger partial charge is 0.314 e. The van der Waals surface area contributed by atoms with E-state index in [1.807, 2.05) is 19.9 Å². The quantitative estimate of drug-likeness (QED) is 0.427. The Bertz CT molecular complexity index is 1280. The second-order valence-corrected chi connectivity index (χ2v) is 10.1. The number of urea groups is 1. The summed E-state index contributed by atoms with van der Waals surface area (Å²) in [5.41, 5.74) is 2.55. The molecule has 0 unspecified atom stereocenters. The van der Waals surface area contributed by atoms with Crippen molar-refractivity contribution in [2.75, 3.05) is 37.5 Å². The van der Waals surface area contributed by atoms with Crippen molar-refractivity contribution >= 4 is 43.9 Å². The van der Waals surface area contributed by atoms with Crippen LogP contribution in [-0.2, 0) is 9.73 Å². The number of rotatable bonds is 8. The standard InChI is InChI=1S/C22H27FN6O3S/c1-5-24-22(30)25-8-9-32-19-11-15(23)6-7-17(19)28-21-20-14(2)10-16(29-33(3,4)31)12-18(20)26-13-27-21/h6-7,10-13H,5,8-9H2,1-4H3,(H2,24,25,30)(H,26,27,28). The normalized spacial score (nSPS) is 11.2. The molecule has 0 aliphatic carbocycles. The van der Waals surface area contributed by atoms with Crippen molar-refractivity contribution in [2.45, 2.75) is 13.8 Å². The van der Waals surface area contributed by atoms with Gasteiger partial charge in [-0.1, -0.05) is 0 Å². The molecule has 0 aliphatic rings. The Morgan fingerprint density at radius 2 is 1.97 bits per heavy atom. The molecule has 9 nitrogen and oxygen atoms in total. The topological polar surface area (TPSA) is 118 Å². The first-order chi connectivity index (χ1) is 15.7. The van der Waals surface area contributed by atoms with Crippen molar-refractivity contribution in [1.82, 2.24) is 20.6 Å². The zero-order chi connectivity index (χ0) is 24.0. The van der Waals surface area contributed by atoms with Gasteiger partial charge in [0.05, 0.1) is 23.4 Å². The molecule has 3 aromatic rings. The number of hydrogen-bond donors (Lipinski definition) is 3. The maximum atomic E-state index is 13.9. The number of carbonyl (C=O) groups excluding carboxylic acids is 1. The number of aryl methyl sites for hydroxylation is 1. The fourth-order valence-electron chi connectivity index (χ4n) is 3.17. The third kappa shape index (κ3) is 6.75. The first-order valence-electron chi connectivity index (χ1n) is 10.3. The van der Waals surface area contributed by atoms with E-state index in [-0.39, 0.29) is 24.9 Å². The first-order valence-corrected chi connectivity index (χ1v) is 12.6. The van der Waals surface area contributed by atoms with Crippen LogP contribution in [0.25, 0.3) is 10.9 Å². The number of nitrogens with zero attached hydrogens (tertiary/aromatic N) is 3. The Morgan fingerprint density at radius 1 is 1.18 bits per heavy atom. The highest BCUT2D eigenvalue weighted by Crippen LogP contribution is 2.33. The lowest BCUT2D eigenvalue weighted by Crippen LogP contribution is -2.37. The monoisotopic (exact) mass is 474 g/mol.